The van der Waals surface area contributed by atoms with Crippen molar-refractivity contribution < 1.29 is 23.2 Å². The van der Waals surface area contributed by atoms with Crippen molar-refractivity contribution in [3.8, 4) is 0 Å². The van der Waals surface area contributed by atoms with Crippen molar-refractivity contribution >= 4 is 40.7 Å². The van der Waals surface area contributed by atoms with Gasteiger partial charge in [0.05, 0.1) is 10.7 Å². The highest BCUT2D eigenvalue weighted by atomic mass is 35.5. The van der Waals surface area contributed by atoms with E-state index >= 15 is 0 Å². The zero-order valence-electron chi connectivity index (χ0n) is 14.6. The normalized spacial score (nSPS) is 20.4. The minimum Gasteiger partial charge on any atom is -0.324 e. The second-order valence-corrected chi connectivity index (χ2v) is 6.76. The van der Waals surface area contributed by atoms with E-state index in [1.54, 1.807) is 0 Å². The third-order valence-corrected chi connectivity index (χ3v) is 4.74. The van der Waals surface area contributed by atoms with Gasteiger partial charge in [-0.2, -0.15) is 5.11 Å². The van der Waals surface area contributed by atoms with Crippen LogP contribution in [0.4, 0.5) is 20.2 Å². The molecule has 8 nitrogen and oxygen atoms in total. The van der Waals surface area contributed by atoms with E-state index in [-0.39, 0.29) is 22.9 Å². The lowest BCUT2D eigenvalue weighted by molar-refractivity contribution is -0.123. The van der Waals surface area contributed by atoms with Gasteiger partial charge in [0.2, 0.25) is 5.91 Å². The molecule has 2 aliphatic rings. The summed E-state index contributed by atoms with van der Waals surface area (Å²) in [7, 11) is 0. The first-order valence-corrected chi connectivity index (χ1v) is 8.78. The van der Waals surface area contributed by atoms with E-state index in [0.717, 1.165) is 28.1 Å². The van der Waals surface area contributed by atoms with E-state index < -0.39 is 41.4 Å². The molecule has 2 heterocycles. The van der Waals surface area contributed by atoms with Crippen LogP contribution in [-0.4, -0.2) is 41.4 Å². The van der Waals surface area contributed by atoms with Crippen LogP contribution in [0.1, 0.15) is 0 Å². The number of halogens is 3. The first-order chi connectivity index (χ1) is 13.8. The summed E-state index contributed by atoms with van der Waals surface area (Å²) in [5.41, 5.74) is 0.465. The van der Waals surface area contributed by atoms with Gasteiger partial charge < -0.3 is 5.32 Å². The van der Waals surface area contributed by atoms with Crippen LogP contribution in [0, 0.1) is 11.6 Å². The van der Waals surface area contributed by atoms with E-state index in [1.807, 2.05) is 0 Å². The highest BCUT2D eigenvalue weighted by Crippen LogP contribution is 2.31. The molecule has 2 aromatic rings. The fraction of sp³-hybridized carbons (Fsp3) is 0.167. The Morgan fingerprint density at radius 3 is 2.52 bits per heavy atom. The third kappa shape index (κ3) is 3.42. The minimum absolute atomic E-state index is 0.157. The molecule has 1 saturated heterocycles. The number of imide groups is 1. The fourth-order valence-electron chi connectivity index (χ4n) is 3.12. The molecular formula is C18H12ClF2N5O3. The van der Waals surface area contributed by atoms with Gasteiger partial charge in [-0.25, -0.2) is 13.7 Å². The van der Waals surface area contributed by atoms with E-state index in [1.165, 1.54) is 24.3 Å². The molecule has 148 valence electrons. The summed E-state index contributed by atoms with van der Waals surface area (Å²) in [5.74, 6) is -2.92. The van der Waals surface area contributed by atoms with Crippen molar-refractivity contribution in [1.82, 2.24) is 5.01 Å². The Hall–Kier alpha value is -3.40. The van der Waals surface area contributed by atoms with E-state index in [2.05, 4.69) is 15.7 Å². The molecule has 0 aromatic heterocycles. The Labute approximate surface area is 167 Å². The number of hydrogen-bond acceptors (Lipinski definition) is 6. The number of carbonyl (C=O) groups excluding carboxylic acids is 3. The van der Waals surface area contributed by atoms with E-state index in [0.29, 0.717) is 0 Å². The number of rotatable bonds is 4. The highest BCUT2D eigenvalue weighted by Gasteiger charge is 2.55. The molecule has 2 aromatic carbocycles. The number of fused-ring (bicyclic) bond motifs is 1. The van der Waals surface area contributed by atoms with E-state index in [9.17, 15) is 23.2 Å². The first-order valence-electron chi connectivity index (χ1n) is 8.41. The first kappa shape index (κ1) is 18.9. The van der Waals surface area contributed by atoms with Crippen LogP contribution in [0.2, 0.25) is 5.02 Å². The van der Waals surface area contributed by atoms with Crippen LogP contribution in [0.15, 0.2) is 52.8 Å². The maximum atomic E-state index is 13.2. The number of carbonyl (C=O) groups is 3. The monoisotopic (exact) mass is 419 g/mol. The molecule has 2 atom stereocenters. The Morgan fingerprint density at radius 1 is 1.10 bits per heavy atom. The Bertz CT molecular complexity index is 1050. The SMILES string of the molecule is O=C(CN1N=N[C@H]2C(=O)N(c3ccc(F)cc3)C(=O)[C@H]21)Nc1ccc(F)c(Cl)c1. The average Bonchev–Trinajstić information content (AvgIpc) is 3.19. The molecule has 0 saturated carbocycles. The maximum absolute atomic E-state index is 13.2. The molecule has 0 radical (unpaired) electrons. The predicted molar refractivity (Wildman–Crippen MR) is 98.1 cm³/mol. The van der Waals surface area contributed by atoms with Gasteiger partial charge in [0, 0.05) is 5.69 Å². The molecular weight excluding hydrogens is 408 g/mol. The van der Waals surface area contributed by atoms with Crippen molar-refractivity contribution in [2.45, 2.75) is 12.1 Å². The zero-order valence-corrected chi connectivity index (χ0v) is 15.3. The number of amides is 3. The van der Waals surface area contributed by atoms with Crippen LogP contribution in [0.5, 0.6) is 0 Å². The van der Waals surface area contributed by atoms with Crippen molar-refractivity contribution in [2.24, 2.45) is 10.3 Å². The predicted octanol–water partition coefficient (Wildman–Crippen LogP) is 2.55. The molecule has 0 aliphatic carbocycles. The molecule has 2 aliphatic heterocycles. The molecule has 29 heavy (non-hydrogen) atoms. The van der Waals surface area contributed by atoms with Crippen LogP contribution in [0.25, 0.3) is 0 Å². The summed E-state index contributed by atoms with van der Waals surface area (Å²) >= 11 is 5.68. The number of nitrogens with one attached hydrogen (secondary N) is 1. The van der Waals surface area contributed by atoms with E-state index in [4.69, 9.17) is 11.6 Å². The van der Waals surface area contributed by atoms with Crippen LogP contribution >= 0.6 is 11.6 Å². The Morgan fingerprint density at radius 2 is 1.83 bits per heavy atom. The lowest BCUT2D eigenvalue weighted by Crippen LogP contribution is -2.43. The summed E-state index contributed by atoms with van der Waals surface area (Å²) in [5, 5.41) is 11.0. The Kier molecular flexibility index (Phi) is 4.71. The molecule has 1 N–H and O–H groups in total. The standard InChI is InChI=1S/C18H12ClF2N5O3/c19-12-7-10(3-6-13(12)21)22-14(27)8-25-16-15(23-24-25)17(28)26(18(16)29)11-4-1-9(20)2-5-11/h1-7,15-16H,8H2,(H,22,27)/t15-,16+/m1/s1. The van der Waals surface area contributed by atoms with Gasteiger partial charge >= 0.3 is 0 Å². The smallest absolute Gasteiger partial charge is 0.263 e. The highest BCUT2D eigenvalue weighted by molar-refractivity contribution is 6.31. The average molecular weight is 420 g/mol. The van der Waals surface area contributed by atoms with Crippen LogP contribution < -0.4 is 10.2 Å². The number of anilines is 2. The summed E-state index contributed by atoms with van der Waals surface area (Å²) in [6, 6.07) is 6.38. The van der Waals surface area contributed by atoms with Gasteiger partial charge in [-0.15, -0.1) is 0 Å². The lowest BCUT2D eigenvalue weighted by atomic mass is 10.1. The van der Waals surface area contributed by atoms with Gasteiger partial charge in [-0.1, -0.05) is 16.8 Å². The molecule has 0 unspecified atom stereocenters. The molecule has 1 fully saturated rings. The molecule has 0 spiro atoms. The largest absolute Gasteiger partial charge is 0.324 e. The van der Waals surface area contributed by atoms with Gasteiger partial charge in [-0.05, 0) is 42.5 Å². The second-order valence-electron chi connectivity index (χ2n) is 6.36. The lowest BCUT2D eigenvalue weighted by Gasteiger charge is -2.20. The Balaban J connectivity index is 1.48. The summed E-state index contributed by atoms with van der Waals surface area (Å²) in [6.07, 6.45) is 0. The van der Waals surface area contributed by atoms with Gasteiger partial charge in [0.15, 0.2) is 12.1 Å². The second kappa shape index (κ2) is 7.21. The van der Waals surface area contributed by atoms with Gasteiger partial charge in [-0.3, -0.25) is 19.4 Å². The minimum atomic E-state index is -1.08. The summed E-state index contributed by atoms with van der Waals surface area (Å²) in [6.45, 7) is -0.365. The van der Waals surface area contributed by atoms with Gasteiger partial charge in [0.1, 0.15) is 18.2 Å². The molecule has 11 heteroatoms. The summed E-state index contributed by atoms with van der Waals surface area (Å²) < 4.78 is 26.3. The number of benzene rings is 2. The van der Waals surface area contributed by atoms with Gasteiger partial charge in [0.25, 0.3) is 11.8 Å². The van der Waals surface area contributed by atoms with Crippen LogP contribution in [-0.2, 0) is 14.4 Å². The fourth-order valence-corrected chi connectivity index (χ4v) is 3.30. The van der Waals surface area contributed by atoms with Crippen LogP contribution in [0.3, 0.4) is 0 Å². The van der Waals surface area contributed by atoms with Crippen molar-refractivity contribution in [2.75, 3.05) is 16.8 Å². The van der Waals surface area contributed by atoms with Crippen molar-refractivity contribution in [3.63, 3.8) is 0 Å². The number of hydrogen-bond donors (Lipinski definition) is 1. The summed E-state index contributed by atoms with van der Waals surface area (Å²) in [4.78, 5) is 38.5. The third-order valence-electron chi connectivity index (χ3n) is 4.45. The molecule has 3 amide bonds. The number of nitrogens with zero attached hydrogens (tertiary/aromatic N) is 4. The zero-order chi connectivity index (χ0) is 20.7. The van der Waals surface area contributed by atoms with Crippen molar-refractivity contribution in [1.29, 1.82) is 0 Å². The van der Waals surface area contributed by atoms with Crippen molar-refractivity contribution in [3.05, 3.63) is 59.1 Å². The molecule has 4 rings (SSSR count). The molecule has 0 bridgehead atoms. The quantitative estimate of drug-likeness (QED) is 0.770. The topological polar surface area (TPSA) is 94.4 Å². The maximum Gasteiger partial charge on any atom is 0.263 e.